The predicted molar refractivity (Wildman–Crippen MR) is 211 cm³/mol. The maximum Gasteiger partial charge on any atom is 0.451 e. The predicted octanol–water partition coefficient (Wildman–Crippen LogP) is 11.6. The molecule has 4 nitrogen and oxygen atoms in total. The minimum absolute atomic E-state index is 0.375. The van der Waals surface area contributed by atoms with E-state index in [1.807, 2.05) is 62.4 Å². The molecular weight excluding hydrogens is 646 g/mol. The van der Waals surface area contributed by atoms with Gasteiger partial charge in [0.25, 0.3) is 0 Å². The normalized spacial score (nSPS) is 11.0. The third-order valence-electron chi connectivity index (χ3n) is 7.67. The lowest BCUT2D eigenvalue weighted by Crippen LogP contribution is -2.12. The molecule has 0 saturated carbocycles. The molecule has 6 rings (SSSR count). The zero-order chi connectivity index (χ0) is 35.5. The van der Waals surface area contributed by atoms with Crippen LogP contribution >= 0.6 is 23.2 Å². The van der Waals surface area contributed by atoms with Crippen molar-refractivity contribution in [3.8, 4) is 22.5 Å². The summed E-state index contributed by atoms with van der Waals surface area (Å²) in [7, 11) is -1.13. The molecule has 254 valence electrons. The van der Waals surface area contributed by atoms with Gasteiger partial charge in [-0.25, -0.2) is 9.97 Å². The minimum Gasteiger partial charge on any atom is -0.427 e. The molecule has 0 fully saturated rings. The first-order valence-electron chi connectivity index (χ1n) is 17.0. The van der Waals surface area contributed by atoms with Gasteiger partial charge in [-0.05, 0) is 103 Å². The van der Waals surface area contributed by atoms with E-state index in [9.17, 15) is 0 Å². The third kappa shape index (κ3) is 12.3. The fourth-order valence-electron chi connectivity index (χ4n) is 5.67. The highest BCUT2D eigenvalue weighted by Crippen LogP contribution is 2.28. The molecule has 0 aliphatic heterocycles. The second-order valence-electron chi connectivity index (χ2n) is 13.8. The monoisotopic (exact) mass is 692 g/mol. The second kappa shape index (κ2) is 18.3. The topological polar surface area (TPSA) is 66.2 Å². The van der Waals surface area contributed by atoms with Gasteiger partial charge in [0.15, 0.2) is 0 Å². The van der Waals surface area contributed by atoms with E-state index < -0.39 is 7.12 Å². The molecule has 0 saturated heterocycles. The van der Waals surface area contributed by atoms with Crippen LogP contribution in [0.3, 0.4) is 0 Å². The summed E-state index contributed by atoms with van der Waals surface area (Å²) in [6.07, 6.45) is 2.71. The molecule has 0 atom stereocenters. The summed E-state index contributed by atoms with van der Waals surface area (Å²) in [4.78, 5) is 9.50. The van der Waals surface area contributed by atoms with Crippen LogP contribution in [0.4, 0.5) is 0 Å². The Bertz CT molecular complexity index is 1910. The van der Waals surface area contributed by atoms with Crippen LogP contribution in [-0.4, -0.2) is 27.1 Å². The number of rotatable bonds is 8. The van der Waals surface area contributed by atoms with Gasteiger partial charge in [-0.1, -0.05) is 119 Å². The van der Waals surface area contributed by atoms with Crippen LogP contribution < -0.4 is 0 Å². The van der Waals surface area contributed by atoms with E-state index >= 15 is 0 Å². The lowest BCUT2D eigenvalue weighted by molar-refractivity contribution is 0.394. The average Bonchev–Trinajstić information content (AvgIpc) is 3.03. The van der Waals surface area contributed by atoms with Gasteiger partial charge in [0.05, 0.1) is 22.4 Å². The van der Waals surface area contributed by atoms with E-state index in [0.29, 0.717) is 34.1 Å². The number of halogens is 2. The molecule has 0 aliphatic carbocycles. The summed E-state index contributed by atoms with van der Waals surface area (Å²) in [6.45, 7) is 13.0. The van der Waals surface area contributed by atoms with Crippen LogP contribution in [0.5, 0.6) is 0 Å². The number of hydrogen-bond acceptors (Lipinski definition) is 4. The standard InChI is InChI=1S/C23H27N.C15H9Cl2N.C4H11BO2/c1-16(2)11-18-13-19(12-17(3)4)15-21(14-18)23-10-9-20-7-5-6-8-22(20)24-23;16-12-7-11(8-13(17)9-12)15-6-5-10-3-1-2-4-14(10)18-15;1-4(2)3-5(6)7/h5-10,13-17H,11-12H2,1-4H3;1-9H;4,6-7H,3H2,1-2H3. The molecule has 2 N–H and O–H groups in total. The van der Waals surface area contributed by atoms with Crippen molar-refractivity contribution >= 4 is 52.1 Å². The molecule has 0 amide bonds. The molecule has 4 aromatic carbocycles. The number of nitrogens with zero attached hydrogens (tertiary/aromatic N) is 2. The first-order chi connectivity index (χ1) is 23.4. The summed E-state index contributed by atoms with van der Waals surface area (Å²) in [6, 6.07) is 37.1. The Balaban J connectivity index is 0.000000190. The zero-order valence-corrected chi connectivity index (χ0v) is 30.9. The largest absolute Gasteiger partial charge is 0.451 e. The Hall–Kier alpha value is -3.74. The molecule has 0 spiro atoms. The van der Waals surface area contributed by atoms with E-state index in [1.54, 1.807) is 6.07 Å². The van der Waals surface area contributed by atoms with Crippen molar-refractivity contribution in [3.05, 3.63) is 130 Å². The van der Waals surface area contributed by atoms with E-state index in [4.69, 9.17) is 38.2 Å². The van der Waals surface area contributed by atoms with Gasteiger partial charge in [-0.15, -0.1) is 0 Å². The van der Waals surface area contributed by atoms with Crippen molar-refractivity contribution in [3.63, 3.8) is 0 Å². The highest BCUT2D eigenvalue weighted by atomic mass is 35.5. The molecule has 0 radical (unpaired) electrons. The average molecular weight is 694 g/mol. The van der Waals surface area contributed by atoms with Crippen molar-refractivity contribution in [2.24, 2.45) is 17.8 Å². The van der Waals surface area contributed by atoms with Gasteiger partial charge in [0.1, 0.15) is 0 Å². The highest BCUT2D eigenvalue weighted by Gasteiger charge is 2.09. The number of pyridine rings is 2. The Morgan fingerprint density at radius 1 is 0.531 bits per heavy atom. The number of hydrogen-bond donors (Lipinski definition) is 2. The summed E-state index contributed by atoms with van der Waals surface area (Å²) >= 11 is 12.0. The minimum atomic E-state index is -1.13. The number of benzene rings is 4. The quantitative estimate of drug-likeness (QED) is 0.156. The van der Waals surface area contributed by atoms with Crippen molar-refractivity contribution < 1.29 is 10.0 Å². The van der Waals surface area contributed by atoms with E-state index in [0.717, 1.165) is 46.2 Å². The molecule has 6 aromatic rings. The van der Waals surface area contributed by atoms with Crippen molar-refractivity contribution in [2.75, 3.05) is 0 Å². The van der Waals surface area contributed by atoms with Crippen LogP contribution in [0.15, 0.2) is 109 Å². The SMILES string of the molecule is CC(C)CB(O)O.CC(C)Cc1cc(CC(C)C)cc(-c2ccc3ccccc3n2)c1.Clc1cc(Cl)cc(-c2ccc3ccccc3n2)c1. The third-order valence-corrected chi connectivity index (χ3v) is 8.11. The summed E-state index contributed by atoms with van der Waals surface area (Å²) in [5.41, 5.74) is 9.00. The summed E-state index contributed by atoms with van der Waals surface area (Å²) in [5.74, 6) is 1.70. The van der Waals surface area contributed by atoms with Gasteiger partial charge >= 0.3 is 7.12 Å². The Kier molecular flexibility index (Phi) is 14.2. The smallest absolute Gasteiger partial charge is 0.427 e. The zero-order valence-electron chi connectivity index (χ0n) is 29.4. The summed E-state index contributed by atoms with van der Waals surface area (Å²) < 4.78 is 0. The second-order valence-corrected chi connectivity index (χ2v) is 14.7. The lowest BCUT2D eigenvalue weighted by Gasteiger charge is -2.13. The Labute approximate surface area is 302 Å². The maximum atomic E-state index is 8.28. The number of fused-ring (bicyclic) bond motifs is 2. The molecule has 7 heteroatoms. The van der Waals surface area contributed by atoms with Crippen LogP contribution in [0.2, 0.25) is 16.4 Å². The van der Waals surface area contributed by atoms with Gasteiger partial charge in [0, 0.05) is 31.9 Å². The molecule has 0 aliphatic rings. The fourth-order valence-corrected chi connectivity index (χ4v) is 6.19. The molecule has 2 heterocycles. The Morgan fingerprint density at radius 3 is 1.35 bits per heavy atom. The van der Waals surface area contributed by atoms with Crippen LogP contribution in [-0.2, 0) is 12.8 Å². The maximum absolute atomic E-state index is 8.28. The number of aromatic nitrogens is 2. The van der Waals surface area contributed by atoms with Crippen molar-refractivity contribution in [1.29, 1.82) is 0 Å². The Morgan fingerprint density at radius 2 is 0.959 bits per heavy atom. The van der Waals surface area contributed by atoms with Crippen molar-refractivity contribution in [1.82, 2.24) is 9.97 Å². The van der Waals surface area contributed by atoms with Gasteiger partial charge < -0.3 is 10.0 Å². The molecule has 2 aromatic heterocycles. The van der Waals surface area contributed by atoms with Crippen LogP contribution in [0.25, 0.3) is 44.3 Å². The lowest BCUT2D eigenvalue weighted by atomic mass is 9.80. The van der Waals surface area contributed by atoms with E-state index in [-0.39, 0.29) is 0 Å². The van der Waals surface area contributed by atoms with Gasteiger partial charge in [-0.2, -0.15) is 0 Å². The first-order valence-corrected chi connectivity index (χ1v) is 17.8. The van der Waals surface area contributed by atoms with Crippen molar-refractivity contribution in [2.45, 2.75) is 60.7 Å². The van der Waals surface area contributed by atoms with E-state index in [1.165, 1.54) is 22.1 Å². The molecule has 0 bridgehead atoms. The number of para-hydroxylation sites is 2. The van der Waals surface area contributed by atoms with Crippen LogP contribution in [0.1, 0.15) is 52.7 Å². The molecular formula is C42H47BCl2N2O2. The highest BCUT2D eigenvalue weighted by molar-refractivity contribution is 6.41. The fraction of sp³-hybridized carbons (Fsp3) is 0.286. The van der Waals surface area contributed by atoms with Crippen LogP contribution in [0, 0.1) is 17.8 Å². The first kappa shape index (κ1) is 38.1. The molecule has 0 unspecified atom stereocenters. The summed E-state index contributed by atoms with van der Waals surface area (Å²) in [5, 5.41) is 20.1. The van der Waals surface area contributed by atoms with Gasteiger partial charge in [-0.3, -0.25) is 0 Å². The van der Waals surface area contributed by atoms with Gasteiger partial charge in [0.2, 0.25) is 0 Å². The van der Waals surface area contributed by atoms with E-state index in [2.05, 4.69) is 87.3 Å². The molecule has 49 heavy (non-hydrogen) atoms.